The van der Waals surface area contributed by atoms with E-state index in [1.165, 1.54) is 10.9 Å². The van der Waals surface area contributed by atoms with Crippen LogP contribution in [0.25, 0.3) is 10.9 Å². The quantitative estimate of drug-likeness (QED) is 0.232. The maximum atomic E-state index is 10.3. The highest BCUT2D eigenvalue weighted by atomic mass is 16.5. The number of carbonyl (C=O) groups is 2. The molecule has 0 spiro atoms. The number of aliphatic hydroxyl groups is 2. The van der Waals surface area contributed by atoms with E-state index in [4.69, 9.17) is 25.3 Å². The normalized spacial score (nSPS) is 12.6. The molecule has 0 aliphatic heterocycles. The van der Waals surface area contributed by atoms with Crippen molar-refractivity contribution in [2.75, 3.05) is 13.2 Å². The highest BCUT2D eigenvalue weighted by Gasteiger charge is 2.21. The second kappa shape index (κ2) is 13.3. The molecule has 2 aromatic carbocycles. The minimum absolute atomic E-state index is 0.134. The predicted octanol–water partition coefficient (Wildman–Crippen LogP) is 2.30. The van der Waals surface area contributed by atoms with Gasteiger partial charge in [0.05, 0.1) is 12.0 Å². The van der Waals surface area contributed by atoms with Crippen molar-refractivity contribution in [2.24, 2.45) is 0 Å². The third-order valence-electron chi connectivity index (χ3n) is 5.22. The molecule has 10 nitrogen and oxygen atoms in total. The van der Waals surface area contributed by atoms with E-state index in [1.54, 1.807) is 18.2 Å². The summed E-state index contributed by atoms with van der Waals surface area (Å²) in [5, 5.41) is 48.1. The molecule has 36 heavy (non-hydrogen) atoms. The molecule has 2 unspecified atom stereocenters. The number of benzene rings is 2. The average Bonchev–Trinajstić information content (AvgIpc) is 3.23. The summed E-state index contributed by atoms with van der Waals surface area (Å²) < 4.78 is 5.60. The van der Waals surface area contributed by atoms with E-state index in [0.717, 1.165) is 11.9 Å². The van der Waals surface area contributed by atoms with Crippen molar-refractivity contribution in [1.29, 1.82) is 5.26 Å². The van der Waals surface area contributed by atoms with E-state index in [0.29, 0.717) is 17.9 Å². The van der Waals surface area contributed by atoms with E-state index < -0.39 is 30.6 Å². The number of carboxylic acid groups (broad SMARTS) is 2. The summed E-state index contributed by atoms with van der Waals surface area (Å²) in [6, 6.07) is 17.4. The van der Waals surface area contributed by atoms with Crippen molar-refractivity contribution >= 4 is 22.8 Å². The second-order valence-corrected chi connectivity index (χ2v) is 8.83. The van der Waals surface area contributed by atoms with Gasteiger partial charge in [0.15, 0.2) is 6.10 Å². The zero-order chi connectivity index (χ0) is 26.7. The molecular formula is C26H31N3O7. The van der Waals surface area contributed by atoms with Crippen molar-refractivity contribution in [3.8, 4) is 11.8 Å². The minimum Gasteiger partial charge on any atom is -0.489 e. The Morgan fingerprint density at radius 1 is 1.11 bits per heavy atom. The van der Waals surface area contributed by atoms with Crippen LogP contribution < -0.4 is 10.1 Å². The van der Waals surface area contributed by atoms with Crippen LogP contribution >= 0.6 is 0 Å². The van der Waals surface area contributed by atoms with Crippen LogP contribution in [-0.2, 0) is 16.0 Å². The van der Waals surface area contributed by atoms with Crippen molar-refractivity contribution in [3.63, 3.8) is 0 Å². The SMILES string of the molecule is CC(C)(Cc1c[nH]c2ccccc12)NCC(O)COc1ccccc1C#N.O=C(O)CC(O)C(=O)O. The van der Waals surface area contributed by atoms with E-state index >= 15 is 0 Å². The second-order valence-electron chi connectivity index (χ2n) is 8.83. The zero-order valence-electron chi connectivity index (χ0n) is 20.1. The topological polar surface area (TPSA) is 176 Å². The number of aliphatic hydroxyl groups excluding tert-OH is 2. The van der Waals surface area contributed by atoms with Crippen molar-refractivity contribution in [3.05, 3.63) is 65.9 Å². The summed E-state index contributed by atoms with van der Waals surface area (Å²) in [5.41, 5.74) is 2.67. The number of carboxylic acids is 2. The van der Waals surface area contributed by atoms with Gasteiger partial charge in [0.25, 0.3) is 0 Å². The lowest BCUT2D eigenvalue weighted by Gasteiger charge is -2.28. The molecule has 0 bridgehead atoms. The van der Waals surface area contributed by atoms with Crippen molar-refractivity contribution < 1.29 is 34.8 Å². The van der Waals surface area contributed by atoms with Gasteiger partial charge in [-0.3, -0.25) is 4.79 Å². The number of aromatic amines is 1. The van der Waals surface area contributed by atoms with Crippen LogP contribution in [0.1, 0.15) is 31.4 Å². The number of H-pyrrole nitrogens is 1. The van der Waals surface area contributed by atoms with Gasteiger partial charge >= 0.3 is 11.9 Å². The number of nitriles is 1. The van der Waals surface area contributed by atoms with Gasteiger partial charge in [0.2, 0.25) is 0 Å². The Kier molecular flexibility index (Phi) is 10.4. The fraction of sp³-hybridized carbons (Fsp3) is 0.346. The van der Waals surface area contributed by atoms with Gasteiger partial charge in [-0.25, -0.2) is 4.79 Å². The molecule has 192 valence electrons. The molecule has 0 saturated heterocycles. The van der Waals surface area contributed by atoms with Crippen molar-refractivity contribution in [2.45, 2.75) is 44.4 Å². The molecule has 0 aliphatic carbocycles. The summed E-state index contributed by atoms with van der Waals surface area (Å²) in [5.74, 6) is -2.35. The number of aromatic nitrogens is 1. The summed E-state index contributed by atoms with van der Waals surface area (Å²) >= 11 is 0. The van der Waals surface area contributed by atoms with E-state index in [2.05, 4.69) is 42.4 Å². The number of hydrogen-bond acceptors (Lipinski definition) is 7. The Balaban J connectivity index is 0.000000434. The monoisotopic (exact) mass is 497 g/mol. The van der Waals surface area contributed by atoms with Crippen LogP contribution in [0.15, 0.2) is 54.7 Å². The van der Waals surface area contributed by atoms with Crippen LogP contribution in [0.4, 0.5) is 0 Å². The number of nitrogens with one attached hydrogen (secondary N) is 2. The molecular weight excluding hydrogens is 466 g/mol. The molecule has 0 amide bonds. The molecule has 10 heteroatoms. The molecule has 6 N–H and O–H groups in total. The first-order chi connectivity index (χ1) is 17.0. The lowest BCUT2D eigenvalue weighted by Crippen LogP contribution is -2.46. The molecule has 1 heterocycles. The lowest BCUT2D eigenvalue weighted by atomic mass is 9.94. The van der Waals surface area contributed by atoms with Crippen LogP contribution in [0.5, 0.6) is 5.75 Å². The van der Waals surface area contributed by atoms with Gasteiger partial charge in [0.1, 0.15) is 24.5 Å². The third-order valence-corrected chi connectivity index (χ3v) is 5.22. The predicted molar refractivity (Wildman–Crippen MR) is 133 cm³/mol. The first-order valence-corrected chi connectivity index (χ1v) is 11.2. The van der Waals surface area contributed by atoms with Crippen molar-refractivity contribution in [1.82, 2.24) is 10.3 Å². The fourth-order valence-corrected chi connectivity index (χ4v) is 3.39. The summed E-state index contributed by atoms with van der Waals surface area (Å²) in [4.78, 5) is 22.7. The number of ether oxygens (including phenoxy) is 1. The number of β-amino-alcohol motifs (C(OH)–C–C–N with tert-alkyl or cyclic N) is 1. The first kappa shape index (κ1) is 28.3. The number of rotatable bonds is 11. The van der Waals surface area contributed by atoms with E-state index in [9.17, 15) is 14.7 Å². The fourth-order valence-electron chi connectivity index (χ4n) is 3.39. The zero-order valence-corrected chi connectivity index (χ0v) is 20.1. The largest absolute Gasteiger partial charge is 0.489 e. The van der Waals surface area contributed by atoms with Crippen LogP contribution in [0, 0.1) is 11.3 Å². The minimum atomic E-state index is -1.79. The van der Waals surface area contributed by atoms with Gasteiger partial charge in [-0.2, -0.15) is 5.26 Å². The Morgan fingerprint density at radius 2 is 1.78 bits per heavy atom. The maximum Gasteiger partial charge on any atom is 0.333 e. The molecule has 0 fully saturated rings. The van der Waals surface area contributed by atoms with Gasteiger partial charge in [-0.1, -0.05) is 30.3 Å². The standard InChI is InChI=1S/C22H25N3O2.C4H6O5/c1-22(2,11-17-13-24-20-9-5-4-8-19(17)20)25-14-18(26)15-27-21-10-6-3-7-16(21)12-23;5-2(4(8)9)1-3(6)7/h3-10,13,18,24-26H,11,14-15H2,1-2H3;2,5H,1H2,(H,6,7)(H,8,9). The molecule has 0 aliphatic rings. The van der Waals surface area contributed by atoms with E-state index in [-0.39, 0.29) is 12.1 Å². The number of para-hydroxylation sites is 2. The highest BCUT2D eigenvalue weighted by Crippen LogP contribution is 2.22. The Morgan fingerprint density at radius 3 is 2.42 bits per heavy atom. The molecule has 1 aromatic heterocycles. The highest BCUT2D eigenvalue weighted by molar-refractivity contribution is 5.83. The van der Waals surface area contributed by atoms with Gasteiger partial charge in [0, 0.05) is 29.2 Å². The van der Waals surface area contributed by atoms with Gasteiger partial charge < -0.3 is 35.5 Å². The maximum absolute atomic E-state index is 10.3. The summed E-state index contributed by atoms with van der Waals surface area (Å²) in [7, 11) is 0. The number of nitrogens with zero attached hydrogens (tertiary/aromatic N) is 1. The molecule has 0 saturated carbocycles. The van der Waals surface area contributed by atoms with Crippen LogP contribution in [-0.4, -0.2) is 68.2 Å². The summed E-state index contributed by atoms with van der Waals surface area (Å²) in [6.45, 7) is 4.78. The Hall–Kier alpha value is -3.91. The van der Waals surface area contributed by atoms with E-state index in [1.807, 2.05) is 24.4 Å². The first-order valence-electron chi connectivity index (χ1n) is 11.2. The molecule has 3 aromatic rings. The van der Waals surface area contributed by atoms with Gasteiger partial charge in [-0.15, -0.1) is 0 Å². The third kappa shape index (κ3) is 9.03. The molecule has 0 radical (unpaired) electrons. The smallest absolute Gasteiger partial charge is 0.333 e. The molecule has 3 rings (SSSR count). The molecule has 2 atom stereocenters. The Bertz CT molecular complexity index is 1200. The summed E-state index contributed by atoms with van der Waals surface area (Å²) in [6.07, 6.45) is -0.328. The number of aliphatic carboxylic acids is 2. The van der Waals surface area contributed by atoms with Gasteiger partial charge in [-0.05, 0) is 44.0 Å². The Labute approximate surface area is 208 Å². The number of hydrogen-bond donors (Lipinski definition) is 6. The average molecular weight is 498 g/mol. The van der Waals surface area contributed by atoms with Crippen LogP contribution in [0.2, 0.25) is 0 Å². The number of fused-ring (bicyclic) bond motifs is 1. The van der Waals surface area contributed by atoms with Crippen LogP contribution in [0.3, 0.4) is 0 Å². The lowest BCUT2D eigenvalue weighted by molar-refractivity contribution is -0.152.